The van der Waals surface area contributed by atoms with E-state index >= 15 is 0 Å². The summed E-state index contributed by atoms with van der Waals surface area (Å²) in [5.74, 6) is -0.0577. The summed E-state index contributed by atoms with van der Waals surface area (Å²) < 4.78 is 5.73. The number of rotatable bonds is 7. The normalized spacial score (nSPS) is 17.3. The van der Waals surface area contributed by atoms with Crippen molar-refractivity contribution >= 4 is 34.5 Å². The highest BCUT2D eigenvalue weighted by atomic mass is 35.5. The van der Waals surface area contributed by atoms with Gasteiger partial charge in [-0.3, -0.25) is 9.69 Å². The van der Waals surface area contributed by atoms with E-state index < -0.39 is 0 Å². The van der Waals surface area contributed by atoms with Gasteiger partial charge in [0.05, 0.1) is 23.4 Å². The van der Waals surface area contributed by atoms with Crippen LogP contribution in [0.3, 0.4) is 0 Å². The second kappa shape index (κ2) is 8.62. The second-order valence-corrected chi connectivity index (χ2v) is 7.35. The molecule has 1 aliphatic heterocycles. The van der Waals surface area contributed by atoms with Crippen LogP contribution in [-0.4, -0.2) is 36.6 Å². The average molecular weight is 365 g/mol. The first-order valence-corrected chi connectivity index (χ1v) is 9.37. The van der Waals surface area contributed by atoms with E-state index in [1.807, 2.05) is 24.3 Å². The fourth-order valence-corrected chi connectivity index (χ4v) is 3.77. The lowest BCUT2D eigenvalue weighted by Gasteiger charge is -2.24. The van der Waals surface area contributed by atoms with Gasteiger partial charge in [-0.15, -0.1) is 11.3 Å². The van der Waals surface area contributed by atoms with Crippen LogP contribution in [0.1, 0.15) is 17.7 Å². The number of nitrogens with one attached hydrogen (secondary N) is 1. The number of hydrogen-bond donors (Lipinski definition) is 1. The fraction of sp³-hybridized carbons (Fsp3) is 0.389. The Morgan fingerprint density at radius 1 is 1.33 bits per heavy atom. The van der Waals surface area contributed by atoms with Crippen molar-refractivity contribution in [3.8, 4) is 0 Å². The molecule has 24 heavy (non-hydrogen) atoms. The minimum atomic E-state index is -0.0577. The molecule has 1 saturated heterocycles. The van der Waals surface area contributed by atoms with Gasteiger partial charge in [0.15, 0.2) is 0 Å². The number of hydrogen-bond acceptors (Lipinski definition) is 4. The van der Waals surface area contributed by atoms with Gasteiger partial charge in [-0.1, -0.05) is 29.8 Å². The largest absolute Gasteiger partial charge is 0.377 e. The highest BCUT2D eigenvalue weighted by Gasteiger charge is 2.21. The lowest BCUT2D eigenvalue weighted by molar-refractivity contribution is -0.117. The summed E-state index contributed by atoms with van der Waals surface area (Å²) in [5, 5.41) is 5.50. The van der Waals surface area contributed by atoms with E-state index in [0.29, 0.717) is 17.3 Å². The molecule has 1 aromatic carbocycles. The number of nitrogens with zero attached hydrogens (tertiary/aromatic N) is 1. The maximum Gasteiger partial charge on any atom is 0.238 e. The predicted molar refractivity (Wildman–Crippen MR) is 98.7 cm³/mol. The van der Waals surface area contributed by atoms with Crippen LogP contribution in [-0.2, 0) is 16.1 Å². The first kappa shape index (κ1) is 17.4. The molecule has 4 nitrogen and oxygen atoms in total. The standard InChI is InChI=1S/C18H21ClN2O2S/c19-16-7-1-2-8-17(16)20-18(22)13-21(11-14-5-3-9-23-14)12-15-6-4-10-24-15/h1-2,4,6-8,10,14H,3,5,9,11-13H2,(H,20,22)/t14-/m0/s1. The highest BCUT2D eigenvalue weighted by molar-refractivity contribution is 7.09. The molecule has 1 aromatic heterocycles. The molecule has 0 radical (unpaired) electrons. The van der Waals surface area contributed by atoms with E-state index in [1.54, 1.807) is 17.4 Å². The van der Waals surface area contributed by atoms with Gasteiger partial charge in [0.1, 0.15) is 0 Å². The first-order valence-electron chi connectivity index (χ1n) is 8.11. The number of anilines is 1. The Bertz CT molecular complexity index is 657. The molecule has 6 heteroatoms. The van der Waals surface area contributed by atoms with Crippen LogP contribution in [0, 0.1) is 0 Å². The molecule has 0 unspecified atom stereocenters. The molecule has 0 saturated carbocycles. The van der Waals surface area contributed by atoms with Crippen molar-refractivity contribution in [2.24, 2.45) is 0 Å². The van der Waals surface area contributed by atoms with Crippen LogP contribution in [0.2, 0.25) is 5.02 Å². The summed E-state index contributed by atoms with van der Waals surface area (Å²) >= 11 is 7.82. The second-order valence-electron chi connectivity index (χ2n) is 5.91. The summed E-state index contributed by atoms with van der Waals surface area (Å²) in [6.07, 6.45) is 2.38. The number of ether oxygens (including phenoxy) is 1. The Hall–Kier alpha value is -1.40. The lowest BCUT2D eigenvalue weighted by atomic mass is 10.2. The Balaban J connectivity index is 1.61. The molecular formula is C18H21ClN2O2S. The van der Waals surface area contributed by atoms with Gasteiger partial charge in [0.2, 0.25) is 5.91 Å². The number of amides is 1. The van der Waals surface area contributed by atoms with E-state index in [9.17, 15) is 4.79 Å². The minimum Gasteiger partial charge on any atom is -0.377 e. The van der Waals surface area contributed by atoms with E-state index in [1.165, 1.54) is 4.88 Å². The van der Waals surface area contributed by atoms with Gasteiger partial charge in [0, 0.05) is 24.6 Å². The molecule has 0 bridgehead atoms. The van der Waals surface area contributed by atoms with E-state index in [0.717, 1.165) is 32.5 Å². The lowest BCUT2D eigenvalue weighted by Crippen LogP contribution is -2.37. The van der Waals surface area contributed by atoms with E-state index in [4.69, 9.17) is 16.3 Å². The molecule has 1 aliphatic rings. The zero-order valence-electron chi connectivity index (χ0n) is 13.4. The number of thiophene rings is 1. The summed E-state index contributed by atoms with van der Waals surface area (Å²) in [6, 6.07) is 11.4. The molecule has 128 valence electrons. The first-order chi connectivity index (χ1) is 11.7. The molecule has 2 heterocycles. The molecule has 0 spiro atoms. The van der Waals surface area contributed by atoms with Crippen molar-refractivity contribution in [3.63, 3.8) is 0 Å². The summed E-state index contributed by atoms with van der Waals surface area (Å²) in [6.45, 7) is 2.67. The molecule has 1 atom stereocenters. The van der Waals surface area contributed by atoms with Crippen LogP contribution in [0.4, 0.5) is 5.69 Å². The molecule has 2 aromatic rings. The van der Waals surface area contributed by atoms with Crippen molar-refractivity contribution in [3.05, 3.63) is 51.7 Å². The maximum absolute atomic E-state index is 12.4. The summed E-state index contributed by atoms with van der Waals surface area (Å²) in [4.78, 5) is 15.8. The Kier molecular flexibility index (Phi) is 6.26. The van der Waals surface area contributed by atoms with Gasteiger partial charge >= 0.3 is 0 Å². The third kappa shape index (κ3) is 5.05. The number of carbonyl (C=O) groups excluding carboxylic acids is 1. The van der Waals surface area contributed by atoms with Crippen molar-refractivity contribution in [1.82, 2.24) is 4.90 Å². The van der Waals surface area contributed by atoms with Crippen molar-refractivity contribution in [2.45, 2.75) is 25.5 Å². The predicted octanol–water partition coefficient (Wildman–Crippen LogP) is 4.02. The molecular weight excluding hydrogens is 344 g/mol. The topological polar surface area (TPSA) is 41.6 Å². The summed E-state index contributed by atoms with van der Waals surface area (Å²) in [7, 11) is 0. The van der Waals surface area contributed by atoms with Crippen LogP contribution in [0.5, 0.6) is 0 Å². The maximum atomic E-state index is 12.4. The van der Waals surface area contributed by atoms with Crippen LogP contribution >= 0.6 is 22.9 Å². The van der Waals surface area contributed by atoms with E-state index in [-0.39, 0.29) is 12.0 Å². The van der Waals surface area contributed by atoms with Crippen LogP contribution in [0.25, 0.3) is 0 Å². The van der Waals surface area contributed by atoms with Crippen molar-refractivity contribution in [2.75, 3.05) is 25.0 Å². The third-order valence-corrected chi connectivity index (χ3v) is 5.15. The van der Waals surface area contributed by atoms with Crippen LogP contribution in [0.15, 0.2) is 41.8 Å². The van der Waals surface area contributed by atoms with E-state index in [2.05, 4.69) is 21.7 Å². The quantitative estimate of drug-likeness (QED) is 0.806. The molecule has 3 rings (SSSR count). The van der Waals surface area contributed by atoms with Crippen molar-refractivity contribution in [1.29, 1.82) is 0 Å². The molecule has 1 amide bonds. The molecule has 0 aliphatic carbocycles. The number of carbonyl (C=O) groups is 1. The monoisotopic (exact) mass is 364 g/mol. The zero-order valence-corrected chi connectivity index (χ0v) is 15.0. The number of halogens is 1. The van der Waals surface area contributed by atoms with Gasteiger partial charge in [-0.05, 0) is 36.4 Å². The van der Waals surface area contributed by atoms with Gasteiger partial charge in [-0.2, -0.15) is 0 Å². The molecule has 1 N–H and O–H groups in total. The Labute approximate surface area is 151 Å². The minimum absolute atomic E-state index is 0.0577. The Morgan fingerprint density at radius 3 is 2.92 bits per heavy atom. The van der Waals surface area contributed by atoms with Crippen molar-refractivity contribution < 1.29 is 9.53 Å². The Morgan fingerprint density at radius 2 is 2.21 bits per heavy atom. The number of benzene rings is 1. The number of para-hydroxylation sites is 1. The van der Waals surface area contributed by atoms with Gasteiger partial charge < -0.3 is 10.1 Å². The highest BCUT2D eigenvalue weighted by Crippen LogP contribution is 2.21. The zero-order chi connectivity index (χ0) is 16.8. The average Bonchev–Trinajstić information content (AvgIpc) is 3.23. The smallest absolute Gasteiger partial charge is 0.238 e. The fourth-order valence-electron chi connectivity index (χ4n) is 2.84. The third-order valence-electron chi connectivity index (χ3n) is 3.96. The molecule has 1 fully saturated rings. The summed E-state index contributed by atoms with van der Waals surface area (Å²) in [5.41, 5.74) is 0.650. The van der Waals surface area contributed by atoms with Gasteiger partial charge in [-0.25, -0.2) is 0 Å². The van der Waals surface area contributed by atoms with Crippen LogP contribution < -0.4 is 5.32 Å². The van der Waals surface area contributed by atoms with Gasteiger partial charge in [0.25, 0.3) is 0 Å². The SMILES string of the molecule is O=C(CN(Cc1cccs1)C[C@@H]1CCCO1)Nc1ccccc1Cl.